The fourth-order valence-corrected chi connectivity index (χ4v) is 2.13. The van der Waals surface area contributed by atoms with Crippen LogP contribution < -0.4 is 4.72 Å². The lowest BCUT2D eigenvalue weighted by Gasteiger charge is -2.08. The summed E-state index contributed by atoms with van der Waals surface area (Å²) < 4.78 is 25.1. The predicted molar refractivity (Wildman–Crippen MR) is 53.8 cm³/mol. The monoisotopic (exact) mass is 265 g/mol. The molecule has 0 radical (unpaired) electrons. The Balaban J connectivity index is 2.90. The molecule has 5 N–H and O–H groups in total. The number of carbonyl (C=O) groups is 1. The second-order valence-corrected chi connectivity index (χ2v) is 4.81. The number of aromatic amines is 1. The van der Waals surface area contributed by atoms with Gasteiger partial charge in [0.15, 0.2) is 5.03 Å². The van der Waals surface area contributed by atoms with Gasteiger partial charge in [0.1, 0.15) is 5.56 Å². The van der Waals surface area contributed by atoms with Crippen molar-refractivity contribution in [2.75, 3.05) is 13.2 Å². The van der Waals surface area contributed by atoms with Crippen molar-refractivity contribution < 1.29 is 28.5 Å². The molecule has 0 spiro atoms. The Hall–Kier alpha value is -1.49. The summed E-state index contributed by atoms with van der Waals surface area (Å²) in [6, 6.07) is 0. The number of nitrogens with one attached hydrogen (secondary N) is 2. The molecule has 1 atom stereocenters. The minimum Gasteiger partial charge on any atom is -0.478 e. The second kappa shape index (κ2) is 5.23. The summed E-state index contributed by atoms with van der Waals surface area (Å²) in [6.45, 7) is -1.05. The van der Waals surface area contributed by atoms with Crippen LogP contribution in [0.1, 0.15) is 10.4 Å². The third kappa shape index (κ3) is 3.23. The van der Waals surface area contributed by atoms with E-state index in [0.717, 1.165) is 6.20 Å². The van der Waals surface area contributed by atoms with Gasteiger partial charge in [-0.2, -0.15) is 5.10 Å². The minimum absolute atomic E-state index is 0.434. The van der Waals surface area contributed by atoms with Gasteiger partial charge in [-0.25, -0.2) is 17.9 Å². The van der Waals surface area contributed by atoms with Crippen LogP contribution in [0.5, 0.6) is 0 Å². The first-order chi connectivity index (χ1) is 7.88. The summed E-state index contributed by atoms with van der Waals surface area (Å²) in [4.78, 5) is 10.7. The molecule has 0 bridgehead atoms. The smallest absolute Gasteiger partial charge is 0.340 e. The van der Waals surface area contributed by atoms with Gasteiger partial charge >= 0.3 is 5.97 Å². The Labute approximate surface area is 96.1 Å². The van der Waals surface area contributed by atoms with Crippen LogP contribution in [0.25, 0.3) is 0 Å². The van der Waals surface area contributed by atoms with Gasteiger partial charge in [0.05, 0.1) is 18.9 Å². The number of hydrogen-bond donors (Lipinski definition) is 5. The van der Waals surface area contributed by atoms with Crippen molar-refractivity contribution in [3.05, 3.63) is 11.8 Å². The van der Waals surface area contributed by atoms with Gasteiger partial charge in [0, 0.05) is 6.54 Å². The average molecular weight is 265 g/mol. The number of aliphatic hydroxyl groups excluding tert-OH is 2. The number of aromatic nitrogens is 2. The Morgan fingerprint density at radius 1 is 1.59 bits per heavy atom. The largest absolute Gasteiger partial charge is 0.478 e. The molecule has 9 nitrogen and oxygen atoms in total. The lowest BCUT2D eigenvalue weighted by molar-refractivity contribution is 0.0692. The molecule has 0 saturated heterocycles. The number of hydrogen-bond acceptors (Lipinski definition) is 6. The first kappa shape index (κ1) is 13.6. The van der Waals surface area contributed by atoms with Gasteiger partial charge in [-0.3, -0.25) is 5.10 Å². The quantitative estimate of drug-likeness (QED) is 0.389. The number of rotatable bonds is 6. The predicted octanol–water partition coefficient (Wildman–Crippen LogP) is -2.26. The Bertz CT molecular complexity index is 495. The van der Waals surface area contributed by atoms with Crippen LogP contribution in [-0.2, 0) is 10.0 Å². The third-order valence-electron chi connectivity index (χ3n) is 1.82. The van der Waals surface area contributed by atoms with E-state index in [2.05, 4.69) is 5.10 Å². The maximum absolute atomic E-state index is 11.6. The highest BCUT2D eigenvalue weighted by Gasteiger charge is 2.25. The van der Waals surface area contributed by atoms with Crippen LogP contribution in [0.15, 0.2) is 11.2 Å². The van der Waals surface area contributed by atoms with E-state index in [-0.39, 0.29) is 0 Å². The zero-order chi connectivity index (χ0) is 13.1. The molecule has 96 valence electrons. The van der Waals surface area contributed by atoms with Crippen LogP contribution in [0, 0.1) is 0 Å². The Morgan fingerprint density at radius 3 is 2.76 bits per heavy atom. The molecule has 10 heteroatoms. The molecule has 0 saturated carbocycles. The average Bonchev–Trinajstić information content (AvgIpc) is 2.75. The molecule has 0 aliphatic heterocycles. The molecule has 0 aliphatic carbocycles. The van der Waals surface area contributed by atoms with Gasteiger partial charge in [0.2, 0.25) is 0 Å². The van der Waals surface area contributed by atoms with E-state index in [1.807, 2.05) is 9.82 Å². The molecule has 0 aromatic carbocycles. The van der Waals surface area contributed by atoms with Crippen LogP contribution >= 0.6 is 0 Å². The number of aromatic carboxylic acids is 1. The van der Waals surface area contributed by atoms with Crippen molar-refractivity contribution in [1.82, 2.24) is 14.9 Å². The zero-order valence-corrected chi connectivity index (χ0v) is 9.31. The Morgan fingerprint density at radius 2 is 2.24 bits per heavy atom. The van der Waals surface area contributed by atoms with E-state index in [0.29, 0.717) is 0 Å². The second-order valence-electron chi connectivity index (χ2n) is 3.11. The number of aliphatic hydroxyl groups is 2. The third-order valence-corrected chi connectivity index (χ3v) is 3.22. The van der Waals surface area contributed by atoms with Crippen molar-refractivity contribution in [1.29, 1.82) is 0 Å². The maximum atomic E-state index is 11.6. The molecule has 0 amide bonds. The van der Waals surface area contributed by atoms with Crippen molar-refractivity contribution in [3.8, 4) is 0 Å². The van der Waals surface area contributed by atoms with Crippen LogP contribution in [0.2, 0.25) is 0 Å². The molecule has 1 rings (SSSR count). The van der Waals surface area contributed by atoms with Gasteiger partial charge < -0.3 is 15.3 Å². The van der Waals surface area contributed by atoms with Crippen LogP contribution in [0.4, 0.5) is 0 Å². The van der Waals surface area contributed by atoms with Gasteiger partial charge in [-0.15, -0.1) is 0 Å². The summed E-state index contributed by atoms with van der Waals surface area (Å²) in [5.74, 6) is -1.44. The topological polar surface area (TPSA) is 153 Å². The number of H-pyrrole nitrogens is 1. The molecule has 0 fully saturated rings. The number of nitrogens with zero attached hydrogens (tertiary/aromatic N) is 1. The minimum atomic E-state index is -4.12. The lowest BCUT2D eigenvalue weighted by Crippen LogP contribution is -2.34. The summed E-state index contributed by atoms with van der Waals surface area (Å²) in [5, 5.41) is 30.9. The van der Waals surface area contributed by atoms with Crippen molar-refractivity contribution in [2.24, 2.45) is 0 Å². The summed E-state index contributed by atoms with van der Waals surface area (Å²) in [6.07, 6.45) is -0.403. The van der Waals surface area contributed by atoms with E-state index >= 15 is 0 Å². The van der Waals surface area contributed by atoms with Crippen molar-refractivity contribution in [2.45, 2.75) is 11.1 Å². The van der Waals surface area contributed by atoms with E-state index in [1.54, 1.807) is 0 Å². The maximum Gasteiger partial charge on any atom is 0.340 e. The van der Waals surface area contributed by atoms with Gasteiger partial charge in [-0.1, -0.05) is 0 Å². The fraction of sp³-hybridized carbons (Fsp3) is 0.429. The number of carboxylic acids is 1. The Kier molecular flexibility index (Phi) is 4.17. The first-order valence-corrected chi connectivity index (χ1v) is 5.92. The van der Waals surface area contributed by atoms with E-state index < -0.39 is 45.8 Å². The summed E-state index contributed by atoms with van der Waals surface area (Å²) in [7, 11) is -4.12. The van der Waals surface area contributed by atoms with Gasteiger partial charge in [-0.05, 0) is 0 Å². The summed E-state index contributed by atoms with van der Waals surface area (Å²) in [5.41, 5.74) is -0.504. The number of sulfonamides is 1. The highest BCUT2D eigenvalue weighted by Crippen LogP contribution is 2.11. The molecule has 1 aromatic heterocycles. The normalized spacial score (nSPS) is 13.5. The van der Waals surface area contributed by atoms with Crippen LogP contribution in [-0.4, -0.2) is 59.2 Å². The molecular weight excluding hydrogens is 254 g/mol. The van der Waals surface area contributed by atoms with E-state index in [4.69, 9.17) is 15.3 Å². The van der Waals surface area contributed by atoms with Crippen LogP contribution in [0.3, 0.4) is 0 Å². The SMILES string of the molecule is O=C(O)c1cn[nH]c1S(=O)(=O)NCC(O)CO. The lowest BCUT2D eigenvalue weighted by atomic mass is 10.4. The molecule has 0 aliphatic rings. The summed E-state index contributed by atoms with van der Waals surface area (Å²) >= 11 is 0. The molecule has 17 heavy (non-hydrogen) atoms. The van der Waals surface area contributed by atoms with Crippen molar-refractivity contribution >= 4 is 16.0 Å². The molecule has 1 heterocycles. The molecular formula is C7H11N3O6S. The van der Waals surface area contributed by atoms with E-state index in [9.17, 15) is 13.2 Å². The first-order valence-electron chi connectivity index (χ1n) is 4.43. The van der Waals surface area contributed by atoms with Gasteiger partial charge in [0.25, 0.3) is 10.0 Å². The van der Waals surface area contributed by atoms with Crippen molar-refractivity contribution in [3.63, 3.8) is 0 Å². The number of carboxylic acid groups (broad SMARTS) is 1. The standard InChI is InChI=1S/C7H11N3O6S/c11-3-4(12)1-9-17(15,16)6-5(7(13)14)2-8-10-6/h2,4,9,11-12H,1,3H2,(H,8,10)(H,13,14). The highest BCUT2D eigenvalue weighted by atomic mass is 32.2. The fourth-order valence-electron chi connectivity index (χ4n) is 0.974. The zero-order valence-electron chi connectivity index (χ0n) is 8.49. The molecule has 1 aromatic rings. The highest BCUT2D eigenvalue weighted by molar-refractivity contribution is 7.89. The molecule has 1 unspecified atom stereocenters. The van der Waals surface area contributed by atoms with E-state index in [1.165, 1.54) is 0 Å².